The molecule has 9 heteroatoms. The van der Waals surface area contributed by atoms with Gasteiger partial charge in [-0.3, -0.25) is 9.59 Å². The molecule has 0 bridgehead atoms. The van der Waals surface area contributed by atoms with Gasteiger partial charge in [-0.2, -0.15) is 0 Å². The quantitative estimate of drug-likeness (QED) is 0.737. The maximum absolute atomic E-state index is 12.3. The molecule has 0 aliphatic carbocycles. The van der Waals surface area contributed by atoms with Crippen molar-refractivity contribution in [1.82, 2.24) is 9.97 Å². The SMILES string of the molecule is COc1ccc(Cl)cc1NC(=O)C(C)OC(=O)CN(C)c1ncccn1. The van der Waals surface area contributed by atoms with Crippen molar-refractivity contribution in [3.05, 3.63) is 41.7 Å². The molecule has 1 aromatic heterocycles. The fourth-order valence-electron chi connectivity index (χ4n) is 2.05. The number of hydrogen-bond donors (Lipinski definition) is 1. The van der Waals surface area contributed by atoms with Crippen LogP contribution >= 0.6 is 11.6 Å². The Hall–Kier alpha value is -2.87. The number of amides is 1. The summed E-state index contributed by atoms with van der Waals surface area (Å²) in [5, 5.41) is 3.07. The van der Waals surface area contributed by atoms with Crippen LogP contribution in [0, 0.1) is 0 Å². The number of anilines is 2. The van der Waals surface area contributed by atoms with Crippen molar-refractivity contribution in [2.24, 2.45) is 0 Å². The van der Waals surface area contributed by atoms with E-state index in [2.05, 4.69) is 15.3 Å². The van der Waals surface area contributed by atoms with Crippen molar-refractivity contribution < 1.29 is 19.1 Å². The molecular formula is C17H19ClN4O4. The molecule has 1 unspecified atom stereocenters. The van der Waals surface area contributed by atoms with Gasteiger partial charge in [0, 0.05) is 24.5 Å². The zero-order valence-electron chi connectivity index (χ0n) is 14.6. The summed E-state index contributed by atoms with van der Waals surface area (Å²) < 4.78 is 10.3. The summed E-state index contributed by atoms with van der Waals surface area (Å²) in [4.78, 5) is 33.9. The third-order valence-electron chi connectivity index (χ3n) is 3.36. The van der Waals surface area contributed by atoms with Gasteiger partial charge in [-0.25, -0.2) is 9.97 Å². The van der Waals surface area contributed by atoms with E-state index >= 15 is 0 Å². The summed E-state index contributed by atoms with van der Waals surface area (Å²) >= 11 is 5.93. The lowest BCUT2D eigenvalue weighted by molar-refractivity contribution is -0.151. The van der Waals surface area contributed by atoms with Crippen molar-refractivity contribution >= 4 is 35.1 Å². The first-order valence-electron chi connectivity index (χ1n) is 7.72. The number of likely N-dealkylation sites (N-methyl/N-ethyl adjacent to an activating group) is 1. The Morgan fingerprint density at radius 1 is 1.31 bits per heavy atom. The molecule has 1 aromatic carbocycles. The largest absolute Gasteiger partial charge is 0.495 e. The summed E-state index contributed by atoms with van der Waals surface area (Å²) in [6.07, 6.45) is 2.13. The average Bonchev–Trinajstić information content (AvgIpc) is 2.62. The number of carbonyl (C=O) groups is 2. The number of rotatable bonds is 7. The van der Waals surface area contributed by atoms with Gasteiger partial charge in [-0.15, -0.1) is 0 Å². The fourth-order valence-corrected chi connectivity index (χ4v) is 2.23. The molecule has 8 nitrogen and oxygen atoms in total. The molecule has 1 heterocycles. The zero-order valence-corrected chi connectivity index (χ0v) is 15.4. The van der Waals surface area contributed by atoms with E-state index in [-0.39, 0.29) is 6.54 Å². The van der Waals surface area contributed by atoms with Crippen molar-refractivity contribution in [2.45, 2.75) is 13.0 Å². The molecule has 1 amide bonds. The normalized spacial score (nSPS) is 11.4. The lowest BCUT2D eigenvalue weighted by Crippen LogP contribution is -2.35. The summed E-state index contributed by atoms with van der Waals surface area (Å²) in [7, 11) is 3.13. The van der Waals surface area contributed by atoms with Crippen LogP contribution in [0.3, 0.4) is 0 Å². The van der Waals surface area contributed by atoms with Crippen LogP contribution < -0.4 is 15.0 Å². The van der Waals surface area contributed by atoms with Crippen molar-refractivity contribution in [3.8, 4) is 5.75 Å². The molecule has 2 aromatic rings. The standard InChI is InChI=1S/C17H19ClN4O4/c1-11(16(24)21-13-9-12(18)5-6-14(13)25-3)26-15(23)10-22(2)17-19-7-4-8-20-17/h4-9,11H,10H2,1-3H3,(H,21,24). The molecule has 2 rings (SSSR count). The third-order valence-corrected chi connectivity index (χ3v) is 3.59. The first-order valence-corrected chi connectivity index (χ1v) is 8.10. The molecular weight excluding hydrogens is 360 g/mol. The lowest BCUT2D eigenvalue weighted by atomic mass is 10.2. The highest BCUT2D eigenvalue weighted by atomic mass is 35.5. The Labute approximate surface area is 156 Å². The first kappa shape index (κ1) is 19.5. The molecule has 0 aliphatic rings. The smallest absolute Gasteiger partial charge is 0.326 e. The molecule has 138 valence electrons. The molecule has 0 fully saturated rings. The van der Waals surface area contributed by atoms with Crippen molar-refractivity contribution in [3.63, 3.8) is 0 Å². The minimum Gasteiger partial charge on any atom is -0.495 e. The van der Waals surface area contributed by atoms with Crippen LogP contribution in [-0.2, 0) is 14.3 Å². The van der Waals surface area contributed by atoms with E-state index in [0.29, 0.717) is 22.4 Å². The summed E-state index contributed by atoms with van der Waals surface area (Å²) in [5.41, 5.74) is 0.391. The van der Waals surface area contributed by atoms with Gasteiger partial charge in [-0.05, 0) is 31.2 Å². The Morgan fingerprint density at radius 3 is 2.65 bits per heavy atom. The van der Waals surface area contributed by atoms with Crippen LogP contribution in [0.4, 0.5) is 11.6 Å². The van der Waals surface area contributed by atoms with Gasteiger partial charge in [0.2, 0.25) is 5.95 Å². The van der Waals surface area contributed by atoms with E-state index in [4.69, 9.17) is 21.1 Å². The Balaban J connectivity index is 1.92. The van der Waals surface area contributed by atoms with Crippen LogP contribution in [0.5, 0.6) is 5.75 Å². The maximum Gasteiger partial charge on any atom is 0.326 e. The van der Waals surface area contributed by atoms with E-state index in [1.54, 1.807) is 43.7 Å². The van der Waals surface area contributed by atoms with Crippen LogP contribution in [-0.4, -0.2) is 48.7 Å². The van der Waals surface area contributed by atoms with Gasteiger partial charge >= 0.3 is 5.97 Å². The molecule has 0 radical (unpaired) electrons. The Kier molecular flexibility index (Phi) is 6.74. The number of halogens is 1. The van der Waals surface area contributed by atoms with E-state index in [9.17, 15) is 9.59 Å². The summed E-state index contributed by atoms with van der Waals surface area (Å²) in [6.45, 7) is 1.38. The predicted molar refractivity (Wildman–Crippen MR) is 97.5 cm³/mol. The highest BCUT2D eigenvalue weighted by molar-refractivity contribution is 6.31. The van der Waals surface area contributed by atoms with Gasteiger partial charge in [-0.1, -0.05) is 11.6 Å². The van der Waals surface area contributed by atoms with Gasteiger partial charge in [0.1, 0.15) is 12.3 Å². The number of methoxy groups -OCH3 is 1. The van der Waals surface area contributed by atoms with E-state index in [1.807, 2.05) is 0 Å². The number of nitrogens with zero attached hydrogens (tertiary/aromatic N) is 3. The van der Waals surface area contributed by atoms with Crippen LogP contribution in [0.15, 0.2) is 36.7 Å². The summed E-state index contributed by atoms with van der Waals surface area (Å²) in [5.74, 6) is -0.259. The molecule has 1 N–H and O–H groups in total. The number of nitrogens with one attached hydrogen (secondary N) is 1. The third kappa shape index (κ3) is 5.32. The van der Waals surface area contributed by atoms with Crippen LogP contribution in [0.25, 0.3) is 0 Å². The topological polar surface area (TPSA) is 93.6 Å². The monoisotopic (exact) mass is 378 g/mol. The van der Waals surface area contributed by atoms with Gasteiger partial charge in [0.05, 0.1) is 12.8 Å². The predicted octanol–water partition coefficient (Wildman–Crippen LogP) is 2.15. The average molecular weight is 379 g/mol. The second-order valence-electron chi connectivity index (χ2n) is 5.37. The number of aromatic nitrogens is 2. The van der Waals surface area contributed by atoms with E-state index in [0.717, 1.165) is 0 Å². The van der Waals surface area contributed by atoms with Crippen LogP contribution in [0.1, 0.15) is 6.92 Å². The first-order chi connectivity index (χ1) is 12.4. The molecule has 0 saturated carbocycles. The fraction of sp³-hybridized carbons (Fsp3) is 0.294. The van der Waals surface area contributed by atoms with E-state index < -0.39 is 18.0 Å². The zero-order chi connectivity index (χ0) is 19.1. The molecule has 0 spiro atoms. The molecule has 0 saturated heterocycles. The van der Waals surface area contributed by atoms with E-state index in [1.165, 1.54) is 18.9 Å². The number of carbonyl (C=O) groups excluding carboxylic acids is 2. The number of ether oxygens (including phenoxy) is 2. The highest BCUT2D eigenvalue weighted by Crippen LogP contribution is 2.27. The number of esters is 1. The summed E-state index contributed by atoms with van der Waals surface area (Å²) in [6, 6.07) is 6.49. The number of hydrogen-bond acceptors (Lipinski definition) is 7. The Morgan fingerprint density at radius 2 is 2.00 bits per heavy atom. The van der Waals surface area contributed by atoms with Gasteiger partial charge in [0.25, 0.3) is 5.91 Å². The molecule has 1 atom stereocenters. The van der Waals surface area contributed by atoms with Crippen LogP contribution in [0.2, 0.25) is 5.02 Å². The number of benzene rings is 1. The molecule has 0 aliphatic heterocycles. The van der Waals surface area contributed by atoms with Gasteiger partial charge < -0.3 is 19.7 Å². The van der Waals surface area contributed by atoms with Crippen molar-refractivity contribution in [1.29, 1.82) is 0 Å². The van der Waals surface area contributed by atoms with Crippen molar-refractivity contribution in [2.75, 3.05) is 30.9 Å². The Bertz CT molecular complexity index is 773. The highest BCUT2D eigenvalue weighted by Gasteiger charge is 2.20. The lowest BCUT2D eigenvalue weighted by Gasteiger charge is -2.18. The minimum atomic E-state index is -1.00. The van der Waals surface area contributed by atoms with Gasteiger partial charge in [0.15, 0.2) is 6.10 Å². The second-order valence-corrected chi connectivity index (χ2v) is 5.81. The molecule has 26 heavy (non-hydrogen) atoms. The maximum atomic E-state index is 12.3. The minimum absolute atomic E-state index is 0.0951. The second kappa shape index (κ2) is 9.00.